The maximum absolute atomic E-state index is 12.3. The number of hydrogen-bond donors (Lipinski definition) is 2. The van der Waals surface area contributed by atoms with Crippen molar-refractivity contribution in [3.05, 3.63) is 90.0 Å². The molecule has 0 saturated heterocycles. The molecule has 0 aliphatic rings. The van der Waals surface area contributed by atoms with Gasteiger partial charge in [-0.2, -0.15) is 5.10 Å². The molecule has 0 aromatic heterocycles. The van der Waals surface area contributed by atoms with E-state index in [-0.39, 0.29) is 18.1 Å². The zero-order valence-electron chi connectivity index (χ0n) is 14.6. The third-order valence-electron chi connectivity index (χ3n) is 4.56. The number of hydrogen-bond acceptors (Lipinski definition) is 3. The average Bonchev–Trinajstić information content (AvgIpc) is 2.70. The van der Waals surface area contributed by atoms with Crippen LogP contribution in [0.5, 0.6) is 5.75 Å². The molecule has 0 radical (unpaired) electrons. The van der Waals surface area contributed by atoms with Crippen molar-refractivity contribution in [3.63, 3.8) is 0 Å². The van der Waals surface area contributed by atoms with Crippen molar-refractivity contribution in [2.24, 2.45) is 5.10 Å². The monoisotopic (exact) mass is 354 g/mol. The quantitative estimate of drug-likeness (QED) is 0.422. The highest BCUT2D eigenvalue weighted by atomic mass is 16.3. The van der Waals surface area contributed by atoms with Crippen LogP contribution in [-0.4, -0.2) is 17.2 Å². The van der Waals surface area contributed by atoms with Crippen molar-refractivity contribution < 1.29 is 9.90 Å². The minimum absolute atomic E-state index is 0.153. The van der Waals surface area contributed by atoms with E-state index < -0.39 is 0 Å². The Hall–Kier alpha value is -3.66. The number of carbonyl (C=O) groups is 1. The molecule has 4 rings (SSSR count). The number of nitrogens with one attached hydrogen (secondary N) is 1. The summed E-state index contributed by atoms with van der Waals surface area (Å²) in [5.74, 6) is -0.0527. The van der Waals surface area contributed by atoms with Crippen LogP contribution in [-0.2, 0) is 11.2 Å². The van der Waals surface area contributed by atoms with E-state index in [4.69, 9.17) is 0 Å². The minimum Gasteiger partial charge on any atom is -0.507 e. The predicted molar refractivity (Wildman–Crippen MR) is 109 cm³/mol. The van der Waals surface area contributed by atoms with Gasteiger partial charge in [0.2, 0.25) is 5.91 Å². The molecular weight excluding hydrogens is 336 g/mol. The average molecular weight is 354 g/mol. The fourth-order valence-corrected chi connectivity index (χ4v) is 3.21. The number of phenolic OH excluding ortho intramolecular Hbond substituents is 1. The third-order valence-corrected chi connectivity index (χ3v) is 4.56. The Labute approximate surface area is 156 Å². The molecule has 0 aliphatic carbocycles. The van der Waals surface area contributed by atoms with Crippen LogP contribution in [0, 0.1) is 0 Å². The molecule has 4 nitrogen and oxygen atoms in total. The summed E-state index contributed by atoms with van der Waals surface area (Å²) in [6.07, 6.45) is 1.70. The van der Waals surface area contributed by atoms with E-state index in [0.29, 0.717) is 5.56 Å². The normalized spacial score (nSPS) is 11.3. The van der Waals surface area contributed by atoms with E-state index in [9.17, 15) is 9.90 Å². The molecule has 132 valence electrons. The Balaban J connectivity index is 1.48. The van der Waals surface area contributed by atoms with Crippen LogP contribution >= 0.6 is 0 Å². The number of nitrogens with zero attached hydrogens (tertiary/aromatic N) is 1. The zero-order chi connectivity index (χ0) is 18.6. The maximum atomic E-state index is 12.3. The first-order valence-corrected chi connectivity index (χ1v) is 8.71. The summed E-state index contributed by atoms with van der Waals surface area (Å²) in [6.45, 7) is 0. The van der Waals surface area contributed by atoms with Gasteiger partial charge in [-0.3, -0.25) is 4.79 Å². The zero-order valence-corrected chi connectivity index (χ0v) is 14.6. The minimum atomic E-state index is -0.206. The molecule has 0 saturated carbocycles. The summed E-state index contributed by atoms with van der Waals surface area (Å²) in [4.78, 5) is 12.3. The number of hydrazone groups is 1. The lowest BCUT2D eigenvalue weighted by Crippen LogP contribution is -2.19. The van der Waals surface area contributed by atoms with Crippen molar-refractivity contribution in [1.82, 2.24) is 5.43 Å². The van der Waals surface area contributed by atoms with Crippen molar-refractivity contribution in [2.75, 3.05) is 0 Å². The molecule has 0 aliphatic heterocycles. The number of rotatable bonds is 4. The molecule has 0 atom stereocenters. The summed E-state index contributed by atoms with van der Waals surface area (Å²) in [7, 11) is 0. The predicted octanol–water partition coefficient (Wildman–Crippen LogP) is 4.39. The molecule has 2 N–H and O–H groups in total. The highest BCUT2D eigenvalue weighted by Gasteiger charge is 2.07. The number of aromatic hydroxyl groups is 1. The molecule has 4 aromatic carbocycles. The first kappa shape index (κ1) is 16.8. The van der Waals surface area contributed by atoms with Crippen LogP contribution in [0.15, 0.2) is 84.0 Å². The molecule has 0 heterocycles. The molecule has 4 heteroatoms. The topological polar surface area (TPSA) is 61.7 Å². The van der Waals surface area contributed by atoms with Gasteiger partial charge in [-0.05, 0) is 27.8 Å². The fraction of sp³-hybridized carbons (Fsp3) is 0.0435. The second-order valence-electron chi connectivity index (χ2n) is 6.33. The summed E-state index contributed by atoms with van der Waals surface area (Å²) in [5, 5.41) is 18.2. The Morgan fingerprint density at radius 3 is 2.33 bits per heavy atom. The third kappa shape index (κ3) is 3.51. The number of amides is 1. The molecule has 0 bridgehead atoms. The second kappa shape index (κ2) is 7.30. The Bertz CT molecular complexity index is 1160. The van der Waals surface area contributed by atoms with Gasteiger partial charge in [0, 0.05) is 10.9 Å². The Morgan fingerprint density at radius 2 is 1.52 bits per heavy atom. The highest BCUT2D eigenvalue weighted by molar-refractivity contribution is 5.97. The van der Waals surface area contributed by atoms with E-state index in [1.165, 1.54) is 6.21 Å². The van der Waals surface area contributed by atoms with Crippen LogP contribution in [0.4, 0.5) is 0 Å². The Morgan fingerprint density at radius 1 is 0.852 bits per heavy atom. The van der Waals surface area contributed by atoms with E-state index in [1.54, 1.807) is 6.07 Å². The second-order valence-corrected chi connectivity index (χ2v) is 6.33. The van der Waals surface area contributed by atoms with E-state index >= 15 is 0 Å². The summed E-state index contributed by atoms with van der Waals surface area (Å²) in [6, 6.07) is 25.1. The first-order valence-electron chi connectivity index (χ1n) is 8.71. The van der Waals surface area contributed by atoms with Gasteiger partial charge in [0.15, 0.2) is 0 Å². The standard InChI is InChI=1S/C23H18N2O2/c26-22(14-18-9-5-8-16-6-1-3-10-20(16)18)25-24-15-19-13-12-17-7-2-4-11-21(17)23(19)27/h1-13,15,27H,14H2,(H,25,26). The van der Waals surface area contributed by atoms with Gasteiger partial charge in [0.1, 0.15) is 5.75 Å². The van der Waals surface area contributed by atoms with Gasteiger partial charge >= 0.3 is 0 Å². The maximum Gasteiger partial charge on any atom is 0.244 e. The number of carbonyl (C=O) groups excluding carboxylic acids is 1. The number of fused-ring (bicyclic) bond motifs is 2. The largest absolute Gasteiger partial charge is 0.507 e. The van der Waals surface area contributed by atoms with E-state index in [0.717, 1.165) is 27.1 Å². The summed E-state index contributed by atoms with van der Waals surface area (Å²) >= 11 is 0. The van der Waals surface area contributed by atoms with Crippen LogP contribution < -0.4 is 5.43 Å². The molecule has 0 spiro atoms. The van der Waals surface area contributed by atoms with Gasteiger partial charge in [-0.25, -0.2) is 5.43 Å². The van der Waals surface area contributed by atoms with Crippen LogP contribution in [0.1, 0.15) is 11.1 Å². The van der Waals surface area contributed by atoms with Gasteiger partial charge < -0.3 is 5.11 Å². The lowest BCUT2D eigenvalue weighted by Gasteiger charge is -2.06. The lowest BCUT2D eigenvalue weighted by molar-refractivity contribution is -0.120. The van der Waals surface area contributed by atoms with Gasteiger partial charge in [0.05, 0.1) is 12.6 Å². The summed E-state index contributed by atoms with van der Waals surface area (Å²) < 4.78 is 0. The van der Waals surface area contributed by atoms with Gasteiger partial charge in [0.25, 0.3) is 0 Å². The lowest BCUT2D eigenvalue weighted by atomic mass is 10.0. The first-order chi connectivity index (χ1) is 13.2. The highest BCUT2D eigenvalue weighted by Crippen LogP contribution is 2.27. The van der Waals surface area contributed by atoms with Crippen molar-refractivity contribution >= 4 is 33.7 Å². The van der Waals surface area contributed by atoms with E-state index in [1.807, 2.05) is 72.8 Å². The summed E-state index contributed by atoms with van der Waals surface area (Å²) in [5.41, 5.74) is 4.05. The van der Waals surface area contributed by atoms with Crippen LogP contribution in [0.3, 0.4) is 0 Å². The molecule has 27 heavy (non-hydrogen) atoms. The van der Waals surface area contributed by atoms with Crippen LogP contribution in [0.25, 0.3) is 21.5 Å². The van der Waals surface area contributed by atoms with Crippen molar-refractivity contribution in [2.45, 2.75) is 6.42 Å². The number of phenols is 1. The SMILES string of the molecule is O=C(Cc1cccc2ccccc12)NN=Cc1ccc2ccccc2c1O. The molecular formula is C23H18N2O2. The van der Waals surface area contributed by atoms with Crippen molar-refractivity contribution in [1.29, 1.82) is 0 Å². The fourth-order valence-electron chi connectivity index (χ4n) is 3.21. The Kier molecular flexibility index (Phi) is 4.54. The molecule has 0 fully saturated rings. The van der Waals surface area contributed by atoms with Crippen LogP contribution in [0.2, 0.25) is 0 Å². The van der Waals surface area contributed by atoms with Gasteiger partial charge in [-0.15, -0.1) is 0 Å². The molecule has 4 aromatic rings. The van der Waals surface area contributed by atoms with Crippen molar-refractivity contribution in [3.8, 4) is 5.75 Å². The molecule has 0 unspecified atom stereocenters. The molecule has 1 amide bonds. The number of benzene rings is 4. The smallest absolute Gasteiger partial charge is 0.244 e. The van der Waals surface area contributed by atoms with E-state index in [2.05, 4.69) is 10.5 Å². The van der Waals surface area contributed by atoms with Gasteiger partial charge in [-0.1, -0.05) is 72.8 Å².